The number of ether oxygens (including phenoxy) is 2. The van der Waals surface area contributed by atoms with Crippen LogP contribution in [0.5, 0.6) is 0 Å². The molecule has 2 aromatic rings. The number of nitrogens with zero attached hydrogens (tertiary/aromatic N) is 1. The lowest BCUT2D eigenvalue weighted by atomic mass is 10.0. The van der Waals surface area contributed by atoms with Crippen LogP contribution in [0.15, 0.2) is 60.7 Å². The Morgan fingerprint density at radius 3 is 1.68 bits per heavy atom. The monoisotopic (exact) mass is 638 g/mol. The number of hydrogen-bond acceptors (Lipinski definition) is 8. The summed E-state index contributed by atoms with van der Waals surface area (Å²) >= 11 is 3.28. The molecule has 10 heteroatoms. The number of esters is 2. The highest BCUT2D eigenvalue weighted by Crippen LogP contribution is 2.25. The minimum Gasteiger partial charge on any atom is -0.465 e. The fourth-order valence-corrected chi connectivity index (χ4v) is 4.50. The molecule has 2 aromatic carbocycles. The van der Waals surface area contributed by atoms with E-state index in [0.29, 0.717) is 44.9 Å². The van der Waals surface area contributed by atoms with Crippen LogP contribution in [0.4, 0.5) is 0 Å². The van der Waals surface area contributed by atoms with Crippen LogP contribution in [0.1, 0.15) is 61.5 Å². The van der Waals surface area contributed by atoms with E-state index in [4.69, 9.17) is 9.47 Å². The van der Waals surface area contributed by atoms with Crippen LogP contribution in [0.25, 0.3) is 0 Å². The summed E-state index contributed by atoms with van der Waals surface area (Å²) in [5.41, 5.74) is 1.84. The number of rotatable bonds is 7. The van der Waals surface area contributed by atoms with E-state index in [1.807, 2.05) is 65.6 Å². The predicted molar refractivity (Wildman–Crippen MR) is 161 cm³/mol. The molecule has 0 amide bonds. The van der Waals surface area contributed by atoms with Gasteiger partial charge in [0.2, 0.25) is 0 Å². The van der Waals surface area contributed by atoms with Crippen molar-refractivity contribution in [3.05, 3.63) is 71.8 Å². The number of carbonyl (C=O) groups is 4. The topological polar surface area (TPSA) is 102 Å². The molecule has 40 heavy (non-hydrogen) atoms. The molecule has 2 aliphatic rings. The van der Waals surface area contributed by atoms with Gasteiger partial charge in [-0.15, -0.1) is 12.4 Å². The van der Waals surface area contributed by atoms with Crippen LogP contribution in [0.3, 0.4) is 0 Å². The van der Waals surface area contributed by atoms with Gasteiger partial charge in [-0.05, 0) is 25.0 Å². The summed E-state index contributed by atoms with van der Waals surface area (Å²) < 4.78 is 10.0. The molecule has 0 saturated carbocycles. The van der Waals surface area contributed by atoms with Crippen molar-refractivity contribution >= 4 is 51.8 Å². The molecule has 2 heterocycles. The molecule has 2 atom stereocenters. The summed E-state index contributed by atoms with van der Waals surface area (Å²) in [6.45, 7) is 7.40. The summed E-state index contributed by atoms with van der Waals surface area (Å²) in [5.74, 6) is 0.197. The lowest BCUT2D eigenvalue weighted by Gasteiger charge is -2.32. The van der Waals surface area contributed by atoms with Crippen molar-refractivity contribution in [3.8, 4) is 0 Å². The van der Waals surface area contributed by atoms with E-state index in [1.54, 1.807) is 13.8 Å². The Morgan fingerprint density at radius 1 is 0.775 bits per heavy atom. The molecule has 0 radical (unpaired) electrons. The molecule has 1 N–H and O–H groups in total. The number of halogens is 2. The molecule has 2 fully saturated rings. The Balaban J connectivity index is 0.000000329. The van der Waals surface area contributed by atoms with Crippen molar-refractivity contribution < 1.29 is 28.7 Å². The summed E-state index contributed by atoms with van der Waals surface area (Å²) in [5, 5.41) is 3.09. The second kappa shape index (κ2) is 20.3. The number of likely N-dealkylation sites (tertiary alicyclic amines) is 1. The summed E-state index contributed by atoms with van der Waals surface area (Å²) in [6, 6.07) is 18.7. The zero-order valence-electron chi connectivity index (χ0n) is 23.2. The van der Waals surface area contributed by atoms with Crippen LogP contribution in [-0.2, 0) is 28.7 Å². The van der Waals surface area contributed by atoms with Gasteiger partial charge in [-0.2, -0.15) is 0 Å². The largest absolute Gasteiger partial charge is 0.465 e. The third-order valence-corrected chi connectivity index (χ3v) is 7.00. The normalized spacial score (nSPS) is 16.5. The lowest BCUT2D eigenvalue weighted by Crippen LogP contribution is -2.41. The van der Waals surface area contributed by atoms with Gasteiger partial charge < -0.3 is 14.8 Å². The van der Waals surface area contributed by atoms with E-state index < -0.39 is 6.04 Å². The number of hydrogen-bond donors (Lipinski definition) is 1. The maximum atomic E-state index is 12.2. The Labute approximate surface area is 251 Å². The Bertz CT molecular complexity index is 1020. The Hall–Kier alpha value is -2.59. The van der Waals surface area contributed by atoms with E-state index in [1.165, 1.54) is 0 Å². The van der Waals surface area contributed by atoms with Gasteiger partial charge in [-0.25, -0.2) is 4.79 Å². The van der Waals surface area contributed by atoms with E-state index in [2.05, 4.69) is 21.2 Å². The van der Waals surface area contributed by atoms with Gasteiger partial charge in [0.1, 0.15) is 22.4 Å². The molecule has 220 valence electrons. The van der Waals surface area contributed by atoms with E-state index in [-0.39, 0.29) is 35.0 Å². The number of alkyl halides is 1. The average molecular weight is 640 g/mol. The van der Waals surface area contributed by atoms with Crippen molar-refractivity contribution in [2.24, 2.45) is 0 Å². The second-order valence-corrected chi connectivity index (χ2v) is 9.87. The highest BCUT2D eigenvalue weighted by molar-refractivity contribution is 9.09. The first-order valence-electron chi connectivity index (χ1n) is 13.4. The van der Waals surface area contributed by atoms with Crippen LogP contribution >= 0.6 is 28.3 Å². The molecule has 2 saturated heterocycles. The third-order valence-electron chi connectivity index (χ3n) is 6.09. The molecular weight excluding hydrogens is 600 g/mol. The summed E-state index contributed by atoms with van der Waals surface area (Å²) in [6.07, 6.45) is 2.51. The van der Waals surface area contributed by atoms with E-state index in [9.17, 15) is 19.2 Å². The van der Waals surface area contributed by atoms with Crippen molar-refractivity contribution in [2.75, 3.05) is 39.4 Å². The van der Waals surface area contributed by atoms with Gasteiger partial charge in [-0.3, -0.25) is 19.3 Å². The predicted octanol–water partition coefficient (Wildman–Crippen LogP) is 5.00. The summed E-state index contributed by atoms with van der Waals surface area (Å²) in [4.78, 5) is 46.9. The standard InChI is InChI=1S/C15H19NO3.C10H11BrO2.C5H9NO.ClH/c1-2-19-15(18)14(12-6-4-3-5-7-12)16-10-8-13(17)9-11-16;1-2-13-10(12)9(11)8-6-4-3-5-7-8;7-5-1-3-6-4-2-5;/h3-7,14H,2,8-11H2,1H3;3-7,9H,2H2,1H3;6H,1-4H2;1H. The SMILES string of the molecule is CCOC(=O)C(Br)c1ccccc1.CCOC(=O)C(c1ccccc1)N1CCC(=O)CC1.Cl.O=C1CCNCC1. The first-order valence-corrected chi connectivity index (χ1v) is 14.3. The third kappa shape index (κ3) is 12.7. The molecule has 0 bridgehead atoms. The second-order valence-electron chi connectivity index (χ2n) is 8.95. The zero-order valence-corrected chi connectivity index (χ0v) is 25.6. The van der Waals surface area contributed by atoms with Crippen molar-refractivity contribution in [3.63, 3.8) is 0 Å². The first kappa shape index (κ1) is 35.4. The van der Waals surface area contributed by atoms with Crippen molar-refractivity contribution in [1.29, 1.82) is 0 Å². The minimum atomic E-state index is -0.394. The molecule has 4 rings (SSSR count). The van der Waals surface area contributed by atoms with Gasteiger partial charge in [-0.1, -0.05) is 76.6 Å². The number of piperidine rings is 2. The number of nitrogens with one attached hydrogen (secondary N) is 1. The highest BCUT2D eigenvalue weighted by atomic mass is 79.9. The molecule has 0 aromatic heterocycles. The number of carbonyl (C=O) groups excluding carboxylic acids is 4. The van der Waals surface area contributed by atoms with E-state index in [0.717, 1.165) is 37.1 Å². The highest BCUT2D eigenvalue weighted by Gasteiger charge is 2.31. The molecule has 0 aliphatic carbocycles. The van der Waals surface area contributed by atoms with Crippen molar-refractivity contribution in [2.45, 2.75) is 50.4 Å². The fourth-order valence-electron chi connectivity index (χ4n) is 4.06. The average Bonchev–Trinajstić information content (AvgIpc) is 2.96. The smallest absolute Gasteiger partial charge is 0.327 e. The zero-order chi connectivity index (χ0) is 28.5. The van der Waals surface area contributed by atoms with Crippen molar-refractivity contribution in [1.82, 2.24) is 10.2 Å². The van der Waals surface area contributed by atoms with Gasteiger partial charge in [0, 0.05) is 51.9 Å². The van der Waals surface area contributed by atoms with Gasteiger partial charge >= 0.3 is 11.9 Å². The maximum absolute atomic E-state index is 12.2. The molecule has 0 spiro atoms. The minimum absolute atomic E-state index is 0. The maximum Gasteiger partial charge on any atom is 0.327 e. The molecule has 2 unspecified atom stereocenters. The van der Waals surface area contributed by atoms with Crippen LogP contribution in [0, 0.1) is 0 Å². The van der Waals surface area contributed by atoms with E-state index >= 15 is 0 Å². The van der Waals surface area contributed by atoms with Gasteiger partial charge in [0.05, 0.1) is 13.2 Å². The number of benzene rings is 2. The number of Topliss-reactive ketones (excluding diaryl/α,β-unsaturated/α-hetero) is 2. The molecular formula is C30H40BrClN2O6. The molecule has 2 aliphatic heterocycles. The fraction of sp³-hybridized carbons (Fsp3) is 0.467. The Morgan fingerprint density at radius 2 is 1.23 bits per heavy atom. The lowest BCUT2D eigenvalue weighted by molar-refractivity contribution is -0.151. The van der Waals surface area contributed by atoms with Crippen LogP contribution in [-0.4, -0.2) is 67.8 Å². The van der Waals surface area contributed by atoms with Gasteiger partial charge in [0.25, 0.3) is 0 Å². The van der Waals surface area contributed by atoms with Crippen LogP contribution in [0.2, 0.25) is 0 Å². The quantitative estimate of drug-likeness (QED) is 0.334. The number of ketones is 2. The van der Waals surface area contributed by atoms with Gasteiger partial charge in [0.15, 0.2) is 0 Å². The molecule has 8 nitrogen and oxygen atoms in total. The summed E-state index contributed by atoms with van der Waals surface area (Å²) in [7, 11) is 0. The first-order chi connectivity index (χ1) is 18.9. The Kier molecular flexibility index (Phi) is 18.0. The van der Waals surface area contributed by atoms with Crippen LogP contribution < -0.4 is 5.32 Å².